The maximum Gasteiger partial charge on any atom is 0.330 e. The van der Waals surface area contributed by atoms with Gasteiger partial charge in [-0.3, -0.25) is 19.1 Å². The van der Waals surface area contributed by atoms with E-state index >= 15 is 0 Å². The SMILES string of the molecule is O=C(NCCc1ccc(Cl)cc1)c1cnc2c(c1)c(=O)[nH]c(=O)n2C1CC1. The summed E-state index contributed by atoms with van der Waals surface area (Å²) in [5, 5.41) is 3.72. The van der Waals surface area contributed by atoms with Crippen LogP contribution in [0, 0.1) is 0 Å². The monoisotopic (exact) mass is 384 g/mol. The topological polar surface area (TPSA) is 96.8 Å². The van der Waals surface area contributed by atoms with Gasteiger partial charge in [0.15, 0.2) is 0 Å². The molecule has 27 heavy (non-hydrogen) atoms. The van der Waals surface area contributed by atoms with Crippen molar-refractivity contribution in [2.45, 2.75) is 25.3 Å². The van der Waals surface area contributed by atoms with Crippen LogP contribution < -0.4 is 16.6 Å². The number of H-pyrrole nitrogens is 1. The number of fused-ring (bicyclic) bond motifs is 1. The van der Waals surface area contributed by atoms with Crippen LogP contribution in [-0.4, -0.2) is 27.0 Å². The van der Waals surface area contributed by atoms with Crippen molar-refractivity contribution in [1.82, 2.24) is 19.9 Å². The summed E-state index contributed by atoms with van der Waals surface area (Å²) in [4.78, 5) is 43.1. The average Bonchev–Trinajstić information content (AvgIpc) is 3.48. The van der Waals surface area contributed by atoms with E-state index in [1.54, 1.807) is 12.1 Å². The lowest BCUT2D eigenvalue weighted by atomic mass is 10.1. The average molecular weight is 385 g/mol. The van der Waals surface area contributed by atoms with E-state index in [1.165, 1.54) is 16.8 Å². The Bertz CT molecular complexity index is 1130. The Morgan fingerprint density at radius 2 is 2.00 bits per heavy atom. The van der Waals surface area contributed by atoms with Gasteiger partial charge in [0.25, 0.3) is 11.5 Å². The van der Waals surface area contributed by atoms with Gasteiger partial charge >= 0.3 is 5.69 Å². The van der Waals surface area contributed by atoms with Crippen molar-refractivity contribution < 1.29 is 4.79 Å². The number of rotatable bonds is 5. The molecule has 0 bridgehead atoms. The Kier molecular flexibility index (Phi) is 4.53. The first kappa shape index (κ1) is 17.5. The lowest BCUT2D eigenvalue weighted by molar-refractivity contribution is 0.0954. The van der Waals surface area contributed by atoms with Gasteiger partial charge in [0.05, 0.1) is 10.9 Å². The third kappa shape index (κ3) is 3.64. The number of aromatic amines is 1. The molecule has 4 rings (SSSR count). The fraction of sp³-hybridized carbons (Fsp3) is 0.263. The predicted octanol–water partition coefficient (Wildman–Crippen LogP) is 2.05. The van der Waals surface area contributed by atoms with E-state index in [0.717, 1.165) is 18.4 Å². The highest BCUT2D eigenvalue weighted by Crippen LogP contribution is 2.34. The molecule has 0 saturated heterocycles. The minimum absolute atomic E-state index is 0.0726. The molecule has 138 valence electrons. The van der Waals surface area contributed by atoms with Crippen LogP contribution in [0.4, 0.5) is 0 Å². The molecule has 2 N–H and O–H groups in total. The van der Waals surface area contributed by atoms with E-state index in [4.69, 9.17) is 11.6 Å². The number of halogens is 1. The fourth-order valence-corrected chi connectivity index (χ4v) is 3.13. The molecule has 7 nitrogen and oxygen atoms in total. The highest BCUT2D eigenvalue weighted by Gasteiger charge is 2.27. The summed E-state index contributed by atoms with van der Waals surface area (Å²) < 4.78 is 1.50. The molecule has 2 aromatic heterocycles. The molecular weight excluding hydrogens is 368 g/mol. The van der Waals surface area contributed by atoms with Crippen molar-refractivity contribution in [3.8, 4) is 0 Å². The molecule has 0 unspecified atom stereocenters. The Morgan fingerprint density at radius 1 is 1.26 bits per heavy atom. The van der Waals surface area contributed by atoms with Crippen molar-refractivity contribution in [2.75, 3.05) is 6.54 Å². The highest BCUT2D eigenvalue weighted by molar-refractivity contribution is 6.30. The fourth-order valence-electron chi connectivity index (χ4n) is 3.01. The number of hydrogen-bond donors (Lipinski definition) is 2. The second-order valence-electron chi connectivity index (χ2n) is 6.59. The number of benzene rings is 1. The van der Waals surface area contributed by atoms with Crippen LogP contribution in [0.25, 0.3) is 11.0 Å². The van der Waals surface area contributed by atoms with E-state index in [2.05, 4.69) is 15.3 Å². The van der Waals surface area contributed by atoms with Crippen molar-refractivity contribution in [2.24, 2.45) is 0 Å². The molecule has 1 aliphatic carbocycles. The first-order valence-electron chi connectivity index (χ1n) is 8.70. The second kappa shape index (κ2) is 7.00. The summed E-state index contributed by atoms with van der Waals surface area (Å²) in [5.74, 6) is -0.318. The minimum atomic E-state index is -0.532. The zero-order valence-corrected chi connectivity index (χ0v) is 15.1. The first-order valence-corrected chi connectivity index (χ1v) is 9.08. The number of nitrogens with zero attached hydrogens (tertiary/aromatic N) is 2. The summed E-state index contributed by atoms with van der Waals surface area (Å²) in [5.41, 5.74) is 0.674. The highest BCUT2D eigenvalue weighted by atomic mass is 35.5. The smallest absolute Gasteiger partial charge is 0.330 e. The van der Waals surface area contributed by atoms with Crippen LogP contribution in [0.1, 0.15) is 34.8 Å². The molecule has 0 spiro atoms. The van der Waals surface area contributed by atoms with Crippen LogP contribution in [0.3, 0.4) is 0 Å². The molecule has 0 aliphatic heterocycles. The summed E-state index contributed by atoms with van der Waals surface area (Å²) in [6.07, 6.45) is 3.83. The Balaban J connectivity index is 1.53. The Labute approximate surface area is 159 Å². The summed E-state index contributed by atoms with van der Waals surface area (Å²) in [6.45, 7) is 0.441. The second-order valence-corrected chi connectivity index (χ2v) is 7.02. The largest absolute Gasteiger partial charge is 0.352 e. The van der Waals surface area contributed by atoms with Crippen LogP contribution in [0.5, 0.6) is 0 Å². The molecule has 1 aliphatic rings. The number of amides is 1. The van der Waals surface area contributed by atoms with Gasteiger partial charge in [-0.05, 0) is 43.0 Å². The zero-order chi connectivity index (χ0) is 19.0. The molecule has 8 heteroatoms. The van der Waals surface area contributed by atoms with Gasteiger partial charge in [-0.15, -0.1) is 0 Å². The van der Waals surface area contributed by atoms with Crippen LogP contribution >= 0.6 is 11.6 Å². The molecular formula is C19H17ClN4O3. The number of carbonyl (C=O) groups is 1. The van der Waals surface area contributed by atoms with E-state index in [-0.39, 0.29) is 22.9 Å². The van der Waals surface area contributed by atoms with Crippen molar-refractivity contribution in [3.63, 3.8) is 0 Å². The first-order chi connectivity index (χ1) is 13.0. The molecule has 2 heterocycles. The standard InChI is InChI=1S/C19H17ClN4O3/c20-13-3-1-11(2-4-13)7-8-21-17(25)12-9-15-16(22-10-12)24(14-5-6-14)19(27)23-18(15)26/h1-4,9-10,14H,5-8H2,(H,21,25)(H,23,26,27). The van der Waals surface area contributed by atoms with Gasteiger partial charge in [-0.2, -0.15) is 0 Å². The van der Waals surface area contributed by atoms with Gasteiger partial charge in [-0.1, -0.05) is 23.7 Å². The lowest BCUT2D eigenvalue weighted by Crippen LogP contribution is -2.31. The molecule has 3 aromatic rings. The normalized spacial score (nSPS) is 13.7. The lowest BCUT2D eigenvalue weighted by Gasteiger charge is -2.09. The van der Waals surface area contributed by atoms with Gasteiger partial charge in [0, 0.05) is 23.8 Å². The van der Waals surface area contributed by atoms with E-state index in [1.807, 2.05) is 12.1 Å². The molecule has 1 amide bonds. The minimum Gasteiger partial charge on any atom is -0.352 e. The van der Waals surface area contributed by atoms with Crippen LogP contribution in [0.15, 0.2) is 46.1 Å². The third-order valence-electron chi connectivity index (χ3n) is 4.57. The molecule has 1 aromatic carbocycles. The van der Waals surface area contributed by atoms with E-state index in [9.17, 15) is 14.4 Å². The summed E-state index contributed by atoms with van der Waals surface area (Å²) in [7, 11) is 0. The third-order valence-corrected chi connectivity index (χ3v) is 4.82. The molecule has 1 fully saturated rings. The number of nitrogens with one attached hydrogen (secondary N) is 2. The van der Waals surface area contributed by atoms with Crippen LogP contribution in [0.2, 0.25) is 5.02 Å². The maximum absolute atomic E-state index is 12.4. The number of carbonyl (C=O) groups excluding carboxylic acids is 1. The summed E-state index contributed by atoms with van der Waals surface area (Å²) >= 11 is 5.85. The van der Waals surface area contributed by atoms with Crippen LogP contribution in [-0.2, 0) is 6.42 Å². The maximum atomic E-state index is 12.4. The quantitative estimate of drug-likeness (QED) is 0.703. The van der Waals surface area contributed by atoms with Gasteiger partial charge in [0.2, 0.25) is 0 Å². The van der Waals surface area contributed by atoms with Crippen molar-refractivity contribution >= 4 is 28.5 Å². The molecule has 1 saturated carbocycles. The number of aromatic nitrogens is 3. The zero-order valence-electron chi connectivity index (χ0n) is 14.4. The Hall–Kier alpha value is -2.93. The van der Waals surface area contributed by atoms with E-state index < -0.39 is 11.2 Å². The predicted molar refractivity (Wildman–Crippen MR) is 102 cm³/mol. The van der Waals surface area contributed by atoms with Crippen molar-refractivity contribution in [3.05, 3.63) is 73.5 Å². The summed E-state index contributed by atoms with van der Waals surface area (Å²) in [6, 6.07) is 8.97. The van der Waals surface area contributed by atoms with Gasteiger partial charge in [-0.25, -0.2) is 9.78 Å². The number of hydrogen-bond acceptors (Lipinski definition) is 4. The number of pyridine rings is 1. The van der Waals surface area contributed by atoms with Gasteiger partial charge < -0.3 is 5.32 Å². The van der Waals surface area contributed by atoms with E-state index in [0.29, 0.717) is 23.6 Å². The van der Waals surface area contributed by atoms with Crippen molar-refractivity contribution in [1.29, 1.82) is 0 Å². The molecule has 0 radical (unpaired) electrons. The molecule has 0 atom stereocenters. The Morgan fingerprint density at radius 3 is 2.70 bits per heavy atom. The van der Waals surface area contributed by atoms with Gasteiger partial charge in [0.1, 0.15) is 5.65 Å².